The predicted octanol–water partition coefficient (Wildman–Crippen LogP) is 1.77. The van der Waals surface area contributed by atoms with E-state index >= 15 is 0 Å². The van der Waals surface area contributed by atoms with Gasteiger partial charge in [0.25, 0.3) is 5.91 Å². The average Bonchev–Trinajstić information content (AvgIpc) is 2.60. The number of rotatable bonds is 5. The van der Waals surface area contributed by atoms with Gasteiger partial charge in [0, 0.05) is 5.69 Å². The van der Waals surface area contributed by atoms with Crippen LogP contribution in [-0.4, -0.2) is 23.6 Å². The third-order valence-electron chi connectivity index (χ3n) is 2.98. The summed E-state index contributed by atoms with van der Waals surface area (Å²) in [7, 11) is 0. The molecule has 0 saturated heterocycles. The molecule has 6 heteroatoms. The summed E-state index contributed by atoms with van der Waals surface area (Å²) >= 11 is 0. The number of aliphatic hydroxyl groups excluding tert-OH is 1. The fraction of sp³-hybridized carbons (Fsp3) is 0.118. The van der Waals surface area contributed by atoms with Crippen molar-refractivity contribution in [3.63, 3.8) is 0 Å². The van der Waals surface area contributed by atoms with E-state index in [4.69, 9.17) is 10.00 Å². The van der Waals surface area contributed by atoms with Gasteiger partial charge in [-0.15, -0.1) is 0 Å². The van der Waals surface area contributed by atoms with Crippen LogP contribution in [0.25, 0.3) is 0 Å². The second-order valence-corrected chi connectivity index (χ2v) is 4.66. The van der Waals surface area contributed by atoms with E-state index in [1.54, 1.807) is 54.6 Å². The molecule has 6 nitrogen and oxygen atoms in total. The van der Waals surface area contributed by atoms with E-state index in [0.29, 0.717) is 16.8 Å². The van der Waals surface area contributed by atoms with Gasteiger partial charge in [-0.05, 0) is 29.8 Å². The van der Waals surface area contributed by atoms with Crippen molar-refractivity contribution in [1.29, 1.82) is 5.26 Å². The number of hydrogen-bond donors (Lipinski definition) is 2. The lowest BCUT2D eigenvalue weighted by atomic mass is 10.1. The van der Waals surface area contributed by atoms with Gasteiger partial charge in [-0.3, -0.25) is 4.79 Å². The van der Waals surface area contributed by atoms with Crippen LogP contribution in [0.5, 0.6) is 0 Å². The summed E-state index contributed by atoms with van der Waals surface area (Å²) in [5.74, 6) is -1.44. The minimum atomic E-state index is -1.43. The van der Waals surface area contributed by atoms with Crippen molar-refractivity contribution in [3.05, 3.63) is 65.7 Å². The lowest BCUT2D eigenvalue weighted by Crippen LogP contribution is -2.23. The molecule has 0 aliphatic rings. The second kappa shape index (κ2) is 7.73. The number of carbonyl (C=O) groups excluding carboxylic acids is 2. The van der Waals surface area contributed by atoms with Crippen LogP contribution < -0.4 is 5.32 Å². The molecule has 0 saturated carbocycles. The number of anilines is 1. The lowest BCUT2D eigenvalue weighted by molar-refractivity contribution is -0.156. The number of ether oxygens (including phenoxy) is 1. The Hall–Kier alpha value is -3.17. The molecule has 23 heavy (non-hydrogen) atoms. The highest BCUT2D eigenvalue weighted by molar-refractivity contribution is 5.93. The monoisotopic (exact) mass is 310 g/mol. The number of carbonyl (C=O) groups is 2. The first kappa shape index (κ1) is 16.2. The van der Waals surface area contributed by atoms with E-state index in [2.05, 4.69) is 5.32 Å². The number of hydrogen-bond acceptors (Lipinski definition) is 5. The molecule has 2 rings (SSSR count). The number of amides is 1. The van der Waals surface area contributed by atoms with E-state index in [0.717, 1.165) is 0 Å². The van der Waals surface area contributed by atoms with Gasteiger partial charge in [-0.1, -0.05) is 30.3 Å². The van der Waals surface area contributed by atoms with Crippen LogP contribution in [0.1, 0.15) is 17.2 Å². The van der Waals surface area contributed by atoms with Crippen molar-refractivity contribution in [2.75, 3.05) is 11.9 Å². The molecule has 1 atom stereocenters. The first-order valence-corrected chi connectivity index (χ1v) is 6.80. The molecule has 116 valence electrons. The molecule has 2 aromatic carbocycles. The SMILES string of the molecule is N#Cc1ccc(NC(=O)COC(=O)[C@@H](O)c2ccccc2)cc1. The zero-order valence-corrected chi connectivity index (χ0v) is 12.1. The van der Waals surface area contributed by atoms with E-state index in [1.165, 1.54) is 0 Å². The van der Waals surface area contributed by atoms with Crippen molar-refractivity contribution in [3.8, 4) is 6.07 Å². The van der Waals surface area contributed by atoms with Gasteiger partial charge in [0.05, 0.1) is 11.6 Å². The lowest BCUT2D eigenvalue weighted by Gasteiger charge is -2.11. The molecular formula is C17H14N2O4. The molecule has 0 aliphatic carbocycles. The van der Waals surface area contributed by atoms with Crippen molar-refractivity contribution >= 4 is 17.6 Å². The second-order valence-electron chi connectivity index (χ2n) is 4.66. The standard InChI is InChI=1S/C17H14N2O4/c18-10-12-6-8-14(9-7-12)19-15(20)11-23-17(22)16(21)13-4-2-1-3-5-13/h1-9,16,21H,11H2,(H,19,20)/t16-/m0/s1. The number of nitrogens with zero attached hydrogens (tertiary/aromatic N) is 1. The van der Waals surface area contributed by atoms with Gasteiger partial charge < -0.3 is 15.2 Å². The quantitative estimate of drug-likeness (QED) is 0.820. The maximum atomic E-state index is 11.7. The van der Waals surface area contributed by atoms with Crippen LogP contribution in [0.4, 0.5) is 5.69 Å². The largest absolute Gasteiger partial charge is 0.453 e. The molecule has 0 aromatic heterocycles. The van der Waals surface area contributed by atoms with Crippen molar-refractivity contribution in [2.45, 2.75) is 6.10 Å². The smallest absolute Gasteiger partial charge is 0.340 e. The Bertz CT molecular complexity index is 721. The Morgan fingerprint density at radius 1 is 1.13 bits per heavy atom. The van der Waals surface area contributed by atoms with E-state index in [1.807, 2.05) is 6.07 Å². The maximum Gasteiger partial charge on any atom is 0.340 e. The summed E-state index contributed by atoms with van der Waals surface area (Å²) < 4.78 is 4.78. The Morgan fingerprint density at radius 3 is 2.39 bits per heavy atom. The first-order chi connectivity index (χ1) is 11.1. The molecule has 0 bridgehead atoms. The van der Waals surface area contributed by atoms with Gasteiger partial charge >= 0.3 is 5.97 Å². The summed E-state index contributed by atoms with van der Waals surface area (Å²) in [6.07, 6.45) is -1.43. The van der Waals surface area contributed by atoms with Crippen LogP contribution in [0.3, 0.4) is 0 Å². The highest BCUT2D eigenvalue weighted by Gasteiger charge is 2.19. The third kappa shape index (κ3) is 4.66. The molecular weight excluding hydrogens is 296 g/mol. The van der Waals surface area contributed by atoms with Crippen LogP contribution >= 0.6 is 0 Å². The van der Waals surface area contributed by atoms with Gasteiger partial charge in [0.15, 0.2) is 12.7 Å². The summed E-state index contributed by atoms with van der Waals surface area (Å²) in [5.41, 5.74) is 1.35. The molecule has 0 unspecified atom stereocenters. The van der Waals surface area contributed by atoms with Crippen molar-refractivity contribution < 1.29 is 19.4 Å². The minimum absolute atomic E-state index is 0.394. The Labute approximate surface area is 132 Å². The molecule has 0 fully saturated rings. The number of esters is 1. The Balaban J connectivity index is 1.84. The zero-order chi connectivity index (χ0) is 16.7. The summed E-state index contributed by atoms with van der Waals surface area (Å²) in [6.45, 7) is -0.511. The van der Waals surface area contributed by atoms with Gasteiger partial charge in [-0.25, -0.2) is 4.79 Å². The van der Waals surface area contributed by atoms with Crippen LogP contribution in [0.15, 0.2) is 54.6 Å². The van der Waals surface area contributed by atoms with Crippen LogP contribution in [0.2, 0.25) is 0 Å². The van der Waals surface area contributed by atoms with Gasteiger partial charge in [-0.2, -0.15) is 5.26 Å². The van der Waals surface area contributed by atoms with Crippen LogP contribution in [-0.2, 0) is 14.3 Å². The highest BCUT2D eigenvalue weighted by atomic mass is 16.5. The maximum absolute atomic E-state index is 11.7. The number of benzene rings is 2. The Morgan fingerprint density at radius 2 is 1.78 bits per heavy atom. The third-order valence-corrected chi connectivity index (χ3v) is 2.98. The molecule has 2 N–H and O–H groups in total. The highest BCUT2D eigenvalue weighted by Crippen LogP contribution is 2.14. The summed E-state index contributed by atoms with van der Waals surface area (Å²) in [4.78, 5) is 23.4. The van der Waals surface area contributed by atoms with Crippen LogP contribution in [0, 0.1) is 11.3 Å². The summed E-state index contributed by atoms with van der Waals surface area (Å²) in [6, 6.07) is 16.5. The fourth-order valence-corrected chi connectivity index (χ4v) is 1.81. The van der Waals surface area contributed by atoms with E-state index in [9.17, 15) is 14.7 Å². The first-order valence-electron chi connectivity index (χ1n) is 6.80. The average molecular weight is 310 g/mol. The number of nitriles is 1. The summed E-state index contributed by atoms with van der Waals surface area (Å²) in [5, 5.41) is 21.0. The zero-order valence-electron chi connectivity index (χ0n) is 12.1. The molecule has 1 amide bonds. The van der Waals surface area contributed by atoms with Crippen molar-refractivity contribution in [1.82, 2.24) is 0 Å². The predicted molar refractivity (Wildman–Crippen MR) is 82.1 cm³/mol. The topological polar surface area (TPSA) is 99.4 Å². The molecule has 0 radical (unpaired) electrons. The molecule has 0 heterocycles. The molecule has 0 spiro atoms. The normalized spacial score (nSPS) is 11.1. The molecule has 0 aliphatic heterocycles. The fourth-order valence-electron chi connectivity index (χ4n) is 1.81. The minimum Gasteiger partial charge on any atom is -0.453 e. The molecule has 2 aromatic rings. The van der Waals surface area contributed by atoms with E-state index < -0.39 is 24.6 Å². The number of aliphatic hydroxyl groups is 1. The number of nitrogens with one attached hydrogen (secondary N) is 1. The Kier molecular flexibility index (Phi) is 5.45. The van der Waals surface area contributed by atoms with Crippen molar-refractivity contribution in [2.24, 2.45) is 0 Å². The van der Waals surface area contributed by atoms with Gasteiger partial charge in [0.1, 0.15) is 0 Å². The van der Waals surface area contributed by atoms with E-state index in [-0.39, 0.29) is 0 Å². The van der Waals surface area contributed by atoms with Gasteiger partial charge in [0.2, 0.25) is 0 Å².